The highest BCUT2D eigenvalue weighted by Gasteiger charge is 2.35. The second kappa shape index (κ2) is 4.70. The molecule has 1 aliphatic carbocycles. The maximum Gasteiger partial charge on any atom is 0.261 e. The molecule has 1 fully saturated rings. The molecule has 0 spiro atoms. The maximum absolute atomic E-state index is 13.0. The number of fused-ring (bicyclic) bond motifs is 1. The van der Waals surface area contributed by atoms with Crippen molar-refractivity contribution in [3.05, 3.63) is 46.8 Å². The molecule has 2 heterocycles. The molecule has 1 aromatic heterocycles. The van der Waals surface area contributed by atoms with Gasteiger partial charge in [0.1, 0.15) is 0 Å². The molecule has 1 amide bonds. The third kappa shape index (κ3) is 1.92. The number of anilines is 1. The molecular weight excluding hydrogens is 276 g/mol. The third-order valence-corrected chi connectivity index (χ3v) is 4.44. The molecular formula is C17H16N4O. The van der Waals surface area contributed by atoms with Crippen molar-refractivity contribution in [1.29, 1.82) is 5.26 Å². The Morgan fingerprint density at radius 3 is 2.95 bits per heavy atom. The van der Waals surface area contributed by atoms with Gasteiger partial charge in [-0.2, -0.15) is 10.4 Å². The second-order valence-electron chi connectivity index (χ2n) is 6.00. The Hall–Kier alpha value is -2.61. The van der Waals surface area contributed by atoms with Crippen molar-refractivity contribution in [2.24, 2.45) is 7.05 Å². The van der Waals surface area contributed by atoms with Gasteiger partial charge in [-0.15, -0.1) is 0 Å². The SMILES string of the molecule is Cn1cc(C(=O)N2CCc3c(C#N)cccc32)c(C2CC2)n1. The lowest BCUT2D eigenvalue weighted by atomic mass is 10.1. The molecule has 2 aliphatic rings. The molecule has 0 bridgehead atoms. The van der Waals surface area contributed by atoms with Gasteiger partial charge >= 0.3 is 0 Å². The molecule has 0 unspecified atom stereocenters. The van der Waals surface area contributed by atoms with Crippen LogP contribution in [0.4, 0.5) is 5.69 Å². The monoisotopic (exact) mass is 292 g/mol. The maximum atomic E-state index is 13.0. The van der Waals surface area contributed by atoms with Gasteiger partial charge in [-0.1, -0.05) is 6.07 Å². The highest BCUT2D eigenvalue weighted by molar-refractivity contribution is 6.08. The van der Waals surface area contributed by atoms with Crippen molar-refractivity contribution in [2.75, 3.05) is 11.4 Å². The number of aryl methyl sites for hydroxylation is 1. The number of carbonyl (C=O) groups excluding carboxylic acids is 1. The first-order valence-corrected chi connectivity index (χ1v) is 7.56. The number of hydrogen-bond donors (Lipinski definition) is 0. The normalized spacial score (nSPS) is 16.5. The van der Waals surface area contributed by atoms with E-state index < -0.39 is 0 Å². The van der Waals surface area contributed by atoms with E-state index in [9.17, 15) is 10.1 Å². The molecule has 2 aromatic rings. The number of amides is 1. The topological polar surface area (TPSA) is 61.9 Å². The molecule has 0 saturated heterocycles. The number of aromatic nitrogens is 2. The quantitative estimate of drug-likeness (QED) is 0.853. The Morgan fingerprint density at radius 2 is 2.23 bits per heavy atom. The predicted octanol–water partition coefficient (Wildman–Crippen LogP) is 2.37. The predicted molar refractivity (Wildman–Crippen MR) is 81.7 cm³/mol. The van der Waals surface area contributed by atoms with Gasteiger partial charge in [-0.05, 0) is 37.0 Å². The Balaban J connectivity index is 1.73. The molecule has 5 heteroatoms. The summed E-state index contributed by atoms with van der Waals surface area (Å²) >= 11 is 0. The van der Waals surface area contributed by atoms with Crippen LogP contribution in [0, 0.1) is 11.3 Å². The van der Waals surface area contributed by atoms with Crippen LogP contribution in [0.25, 0.3) is 0 Å². The van der Waals surface area contributed by atoms with E-state index in [0.29, 0.717) is 23.6 Å². The second-order valence-corrected chi connectivity index (χ2v) is 6.00. The largest absolute Gasteiger partial charge is 0.308 e. The minimum absolute atomic E-state index is 0.00356. The van der Waals surface area contributed by atoms with Crippen LogP contribution < -0.4 is 4.90 Å². The fraction of sp³-hybridized carbons (Fsp3) is 0.353. The molecule has 110 valence electrons. The third-order valence-electron chi connectivity index (χ3n) is 4.44. The molecule has 0 radical (unpaired) electrons. The zero-order valence-electron chi connectivity index (χ0n) is 12.4. The number of rotatable bonds is 2. The summed E-state index contributed by atoms with van der Waals surface area (Å²) in [5, 5.41) is 13.7. The van der Waals surface area contributed by atoms with E-state index >= 15 is 0 Å². The summed E-state index contributed by atoms with van der Waals surface area (Å²) in [5.74, 6) is 0.441. The van der Waals surface area contributed by atoms with Gasteiger partial charge < -0.3 is 4.90 Å². The number of hydrogen-bond acceptors (Lipinski definition) is 3. The highest BCUT2D eigenvalue weighted by Crippen LogP contribution is 2.41. The smallest absolute Gasteiger partial charge is 0.261 e. The zero-order chi connectivity index (χ0) is 15.3. The van der Waals surface area contributed by atoms with E-state index in [0.717, 1.165) is 36.2 Å². The van der Waals surface area contributed by atoms with Crippen molar-refractivity contribution in [3.63, 3.8) is 0 Å². The van der Waals surface area contributed by atoms with Crippen molar-refractivity contribution in [1.82, 2.24) is 9.78 Å². The van der Waals surface area contributed by atoms with Crippen LogP contribution in [-0.2, 0) is 13.5 Å². The lowest BCUT2D eigenvalue weighted by molar-refractivity contribution is 0.0988. The van der Waals surface area contributed by atoms with E-state index in [1.54, 1.807) is 9.58 Å². The highest BCUT2D eigenvalue weighted by atomic mass is 16.2. The van der Waals surface area contributed by atoms with Crippen LogP contribution in [0.2, 0.25) is 0 Å². The fourth-order valence-electron chi connectivity index (χ4n) is 3.22. The Bertz CT molecular complexity index is 811. The van der Waals surface area contributed by atoms with E-state index in [-0.39, 0.29) is 5.91 Å². The van der Waals surface area contributed by atoms with Crippen molar-refractivity contribution in [3.8, 4) is 6.07 Å². The summed E-state index contributed by atoms with van der Waals surface area (Å²) in [5.41, 5.74) is 4.16. The van der Waals surface area contributed by atoms with Gasteiger partial charge in [0.15, 0.2) is 0 Å². The minimum atomic E-state index is 0.00356. The van der Waals surface area contributed by atoms with Crippen molar-refractivity contribution in [2.45, 2.75) is 25.2 Å². The van der Waals surface area contributed by atoms with Gasteiger partial charge in [0.2, 0.25) is 0 Å². The molecule has 1 saturated carbocycles. The average molecular weight is 292 g/mol. The Kier molecular flexibility index (Phi) is 2.80. The van der Waals surface area contributed by atoms with Crippen LogP contribution in [0.5, 0.6) is 0 Å². The van der Waals surface area contributed by atoms with Gasteiger partial charge in [-0.25, -0.2) is 0 Å². The summed E-state index contributed by atoms with van der Waals surface area (Å²) in [6, 6.07) is 7.79. The van der Waals surface area contributed by atoms with Crippen LogP contribution in [0.15, 0.2) is 24.4 Å². The summed E-state index contributed by atoms with van der Waals surface area (Å²) in [6.07, 6.45) is 4.80. The summed E-state index contributed by atoms with van der Waals surface area (Å²) in [6.45, 7) is 0.631. The van der Waals surface area contributed by atoms with E-state index in [1.165, 1.54) is 0 Å². The van der Waals surface area contributed by atoms with Crippen LogP contribution in [0.3, 0.4) is 0 Å². The van der Waals surface area contributed by atoms with Gasteiger partial charge in [-0.3, -0.25) is 9.48 Å². The van der Waals surface area contributed by atoms with E-state index in [4.69, 9.17) is 0 Å². The molecule has 1 aliphatic heterocycles. The number of nitriles is 1. The molecule has 1 aromatic carbocycles. The standard InChI is InChI=1S/C17H16N4O/c1-20-10-14(16(19-20)11-5-6-11)17(22)21-8-7-13-12(9-18)3-2-4-15(13)21/h2-4,10-11H,5-8H2,1H3. The van der Waals surface area contributed by atoms with E-state index in [2.05, 4.69) is 11.2 Å². The Morgan fingerprint density at radius 1 is 1.41 bits per heavy atom. The summed E-state index contributed by atoms with van der Waals surface area (Å²) in [4.78, 5) is 14.8. The minimum Gasteiger partial charge on any atom is -0.308 e. The van der Waals surface area contributed by atoms with Crippen molar-refractivity contribution < 1.29 is 4.79 Å². The van der Waals surface area contributed by atoms with Crippen LogP contribution in [0.1, 0.15) is 45.9 Å². The van der Waals surface area contributed by atoms with E-state index in [1.807, 2.05) is 31.4 Å². The van der Waals surface area contributed by atoms with Gasteiger partial charge in [0.25, 0.3) is 5.91 Å². The number of nitrogens with zero attached hydrogens (tertiary/aromatic N) is 4. The summed E-state index contributed by atoms with van der Waals surface area (Å²) < 4.78 is 1.73. The Labute approximate surface area is 128 Å². The van der Waals surface area contributed by atoms with Gasteiger partial charge in [0.05, 0.1) is 22.9 Å². The molecule has 5 nitrogen and oxygen atoms in total. The molecule has 22 heavy (non-hydrogen) atoms. The average Bonchev–Trinajstić information content (AvgIpc) is 3.16. The first-order valence-electron chi connectivity index (χ1n) is 7.56. The first kappa shape index (κ1) is 13.1. The van der Waals surface area contributed by atoms with Crippen LogP contribution in [-0.4, -0.2) is 22.2 Å². The first-order chi connectivity index (χ1) is 10.7. The fourth-order valence-corrected chi connectivity index (χ4v) is 3.22. The zero-order valence-corrected chi connectivity index (χ0v) is 12.4. The lowest BCUT2D eigenvalue weighted by Gasteiger charge is -2.17. The number of benzene rings is 1. The summed E-state index contributed by atoms with van der Waals surface area (Å²) in [7, 11) is 1.86. The molecule has 4 rings (SSSR count). The molecule has 0 atom stereocenters. The van der Waals surface area contributed by atoms with Gasteiger partial charge in [0, 0.05) is 31.4 Å². The van der Waals surface area contributed by atoms with Crippen molar-refractivity contribution >= 4 is 11.6 Å². The lowest BCUT2D eigenvalue weighted by Crippen LogP contribution is -2.29. The number of carbonyl (C=O) groups is 1. The molecule has 0 N–H and O–H groups in total. The van der Waals surface area contributed by atoms with Crippen LogP contribution >= 0.6 is 0 Å².